The van der Waals surface area contributed by atoms with Crippen molar-refractivity contribution in [1.82, 2.24) is 14.5 Å². The van der Waals surface area contributed by atoms with Gasteiger partial charge in [0.25, 0.3) is 0 Å². The quantitative estimate of drug-likeness (QED) is 0.479. The van der Waals surface area contributed by atoms with Gasteiger partial charge in [0.1, 0.15) is 18.4 Å². The van der Waals surface area contributed by atoms with Crippen molar-refractivity contribution in [3.63, 3.8) is 0 Å². The van der Waals surface area contributed by atoms with Crippen LogP contribution >= 0.6 is 0 Å². The van der Waals surface area contributed by atoms with Crippen molar-refractivity contribution >= 4 is 27.7 Å². The highest BCUT2D eigenvalue weighted by atomic mass is 32.2. The number of benzene rings is 2. The molecule has 2 atom stereocenters. The van der Waals surface area contributed by atoms with Crippen LogP contribution in [-0.2, 0) is 26.3 Å². The second-order valence-corrected chi connectivity index (χ2v) is 10.6. The van der Waals surface area contributed by atoms with Crippen LogP contribution in [0, 0.1) is 5.82 Å². The molecule has 2 aromatic carbocycles. The third kappa shape index (κ3) is 7.25. The summed E-state index contributed by atoms with van der Waals surface area (Å²) in [6, 6.07) is 13.6. The van der Waals surface area contributed by atoms with Gasteiger partial charge in [-0.15, -0.1) is 0 Å². The van der Waals surface area contributed by atoms with Crippen molar-refractivity contribution in [3.8, 4) is 0 Å². The first-order valence-corrected chi connectivity index (χ1v) is 13.0. The van der Waals surface area contributed by atoms with Crippen LogP contribution in [0.15, 0.2) is 54.6 Å². The second-order valence-electron chi connectivity index (χ2n) is 8.50. The number of carbonyl (C=O) groups excluding carboxylic acids is 2. The molecule has 2 unspecified atom stereocenters. The molecular weight excluding hydrogens is 471 g/mol. The van der Waals surface area contributed by atoms with Crippen LogP contribution in [0.2, 0.25) is 0 Å². The first-order chi connectivity index (χ1) is 16.5. The Hall–Kier alpha value is -2.98. The smallest absolute Gasteiger partial charge is 0.304 e. The van der Waals surface area contributed by atoms with Crippen LogP contribution in [0.3, 0.4) is 0 Å². The molecule has 35 heavy (non-hydrogen) atoms. The highest BCUT2D eigenvalue weighted by molar-refractivity contribution is 7.90. The molecule has 0 heterocycles. The fourth-order valence-electron chi connectivity index (χ4n) is 3.50. The minimum Gasteiger partial charge on any atom is -0.352 e. The predicted molar refractivity (Wildman–Crippen MR) is 135 cm³/mol. The summed E-state index contributed by atoms with van der Waals surface area (Å²) in [6.07, 6.45) is 1.04. The van der Waals surface area contributed by atoms with Crippen LogP contribution in [0.5, 0.6) is 0 Å². The summed E-state index contributed by atoms with van der Waals surface area (Å²) >= 11 is 0. The SMILES string of the molecule is CCC(C)NC(=O)C(CC)N(Cc1ccccc1)C(=O)CN(c1ccccc1F)S(=O)(=O)N(C)C. The van der Waals surface area contributed by atoms with Gasteiger partial charge in [-0.2, -0.15) is 12.7 Å². The van der Waals surface area contributed by atoms with E-state index in [9.17, 15) is 22.4 Å². The first-order valence-electron chi connectivity index (χ1n) is 11.6. The number of hydrogen-bond acceptors (Lipinski definition) is 4. The van der Waals surface area contributed by atoms with E-state index in [-0.39, 0.29) is 24.2 Å². The summed E-state index contributed by atoms with van der Waals surface area (Å²) in [4.78, 5) is 28.1. The number of halogens is 1. The molecule has 0 aliphatic carbocycles. The van der Waals surface area contributed by atoms with Gasteiger partial charge >= 0.3 is 10.2 Å². The Kier molecular flexibility index (Phi) is 10.2. The molecule has 0 aliphatic rings. The van der Waals surface area contributed by atoms with Crippen molar-refractivity contribution in [2.45, 2.75) is 52.2 Å². The lowest BCUT2D eigenvalue weighted by atomic mass is 10.1. The highest BCUT2D eigenvalue weighted by Crippen LogP contribution is 2.24. The predicted octanol–water partition coefficient (Wildman–Crippen LogP) is 3.16. The zero-order valence-electron chi connectivity index (χ0n) is 20.9. The first kappa shape index (κ1) is 28.3. The Balaban J connectivity index is 2.49. The van der Waals surface area contributed by atoms with Gasteiger partial charge in [0, 0.05) is 26.7 Å². The highest BCUT2D eigenvalue weighted by Gasteiger charge is 2.34. The third-order valence-corrected chi connectivity index (χ3v) is 7.53. The Morgan fingerprint density at radius 2 is 1.57 bits per heavy atom. The Morgan fingerprint density at radius 1 is 0.971 bits per heavy atom. The van der Waals surface area contributed by atoms with Gasteiger partial charge in [0.05, 0.1) is 5.69 Å². The second kappa shape index (κ2) is 12.6. The zero-order chi connectivity index (χ0) is 26.2. The average molecular weight is 507 g/mol. The zero-order valence-corrected chi connectivity index (χ0v) is 21.8. The van der Waals surface area contributed by atoms with Crippen LogP contribution in [0.25, 0.3) is 0 Å². The number of nitrogens with zero attached hydrogens (tertiary/aromatic N) is 3. The summed E-state index contributed by atoms with van der Waals surface area (Å²) in [5.74, 6) is -1.71. The Bertz CT molecular complexity index is 1100. The molecule has 10 heteroatoms. The van der Waals surface area contributed by atoms with Gasteiger partial charge in [-0.3, -0.25) is 9.59 Å². The molecule has 0 fully saturated rings. The molecule has 0 aliphatic heterocycles. The number of hydrogen-bond donors (Lipinski definition) is 1. The van der Waals surface area contributed by atoms with E-state index < -0.39 is 34.5 Å². The fraction of sp³-hybridized carbons (Fsp3) is 0.440. The maximum absolute atomic E-state index is 14.7. The molecule has 192 valence electrons. The maximum Gasteiger partial charge on any atom is 0.304 e. The maximum atomic E-state index is 14.7. The molecule has 0 spiro atoms. The van der Waals surface area contributed by atoms with E-state index in [1.54, 1.807) is 6.92 Å². The van der Waals surface area contributed by atoms with Gasteiger partial charge in [0.15, 0.2) is 0 Å². The van der Waals surface area contributed by atoms with Crippen LogP contribution in [0.1, 0.15) is 39.2 Å². The van der Waals surface area contributed by atoms with Crippen molar-refractivity contribution in [1.29, 1.82) is 0 Å². The van der Waals surface area contributed by atoms with E-state index >= 15 is 0 Å². The molecule has 0 saturated carbocycles. The Labute approximate surface area is 207 Å². The molecule has 0 radical (unpaired) electrons. The van der Waals surface area contributed by atoms with Crippen molar-refractivity contribution in [2.75, 3.05) is 24.9 Å². The summed E-state index contributed by atoms with van der Waals surface area (Å²) in [5.41, 5.74) is 0.537. The molecule has 0 bridgehead atoms. The minimum absolute atomic E-state index is 0.0886. The number of carbonyl (C=O) groups is 2. The number of amides is 2. The molecule has 2 amide bonds. The summed E-state index contributed by atoms with van der Waals surface area (Å²) in [6.45, 7) is 5.03. The third-order valence-electron chi connectivity index (χ3n) is 5.72. The normalized spacial score (nSPS) is 13.2. The van der Waals surface area contributed by atoms with E-state index in [4.69, 9.17) is 0 Å². The molecule has 2 rings (SSSR count). The van der Waals surface area contributed by atoms with Gasteiger partial charge in [-0.05, 0) is 37.5 Å². The van der Waals surface area contributed by atoms with Crippen LogP contribution in [0.4, 0.5) is 10.1 Å². The van der Waals surface area contributed by atoms with E-state index in [0.717, 1.165) is 26.7 Å². The minimum atomic E-state index is -4.21. The summed E-state index contributed by atoms with van der Waals surface area (Å²) in [7, 11) is -1.59. The number of rotatable bonds is 12. The van der Waals surface area contributed by atoms with Gasteiger partial charge < -0.3 is 10.2 Å². The molecule has 1 N–H and O–H groups in total. The lowest BCUT2D eigenvalue weighted by Gasteiger charge is -2.34. The standard InChI is InChI=1S/C25H35FN4O4S/c1-6-19(3)27-25(32)22(7-2)29(17-20-13-9-8-10-14-20)24(31)18-30(35(33,34)28(4)5)23-16-12-11-15-21(23)26/h8-16,19,22H,6-7,17-18H2,1-5H3,(H,27,32). The largest absolute Gasteiger partial charge is 0.352 e. The Morgan fingerprint density at radius 3 is 2.11 bits per heavy atom. The van der Waals surface area contributed by atoms with Gasteiger partial charge in [0.2, 0.25) is 11.8 Å². The van der Waals surface area contributed by atoms with Crippen molar-refractivity contribution < 1.29 is 22.4 Å². The lowest BCUT2D eigenvalue weighted by Crippen LogP contribution is -2.54. The molecule has 8 nitrogen and oxygen atoms in total. The van der Waals surface area contributed by atoms with Gasteiger partial charge in [-0.25, -0.2) is 8.70 Å². The number of anilines is 1. The van der Waals surface area contributed by atoms with Gasteiger partial charge in [-0.1, -0.05) is 56.3 Å². The molecule has 2 aromatic rings. The number of nitrogens with one attached hydrogen (secondary N) is 1. The fourth-order valence-corrected chi connectivity index (χ4v) is 4.56. The van der Waals surface area contributed by atoms with Crippen LogP contribution < -0.4 is 9.62 Å². The number of para-hydroxylation sites is 1. The van der Waals surface area contributed by atoms with Crippen molar-refractivity contribution in [2.24, 2.45) is 0 Å². The van der Waals surface area contributed by atoms with E-state index in [1.165, 1.54) is 37.2 Å². The summed E-state index contributed by atoms with van der Waals surface area (Å²) in [5, 5.41) is 2.91. The molecule has 0 saturated heterocycles. The van der Waals surface area contributed by atoms with Crippen LogP contribution in [-0.4, -0.2) is 62.2 Å². The molecular formula is C25H35FN4O4S. The topological polar surface area (TPSA) is 90.0 Å². The van der Waals surface area contributed by atoms with Crippen molar-refractivity contribution in [3.05, 3.63) is 66.0 Å². The van der Waals surface area contributed by atoms with E-state index in [0.29, 0.717) is 6.42 Å². The lowest BCUT2D eigenvalue weighted by molar-refractivity contribution is -0.140. The van der Waals surface area contributed by atoms with E-state index in [1.807, 2.05) is 44.2 Å². The average Bonchev–Trinajstić information content (AvgIpc) is 2.83. The summed E-state index contributed by atoms with van der Waals surface area (Å²) < 4.78 is 42.5. The van der Waals surface area contributed by atoms with E-state index in [2.05, 4.69) is 5.32 Å². The monoisotopic (exact) mass is 506 g/mol. The molecule has 0 aromatic heterocycles.